The lowest BCUT2D eigenvalue weighted by atomic mass is 10.2. The minimum Gasteiger partial charge on any atom is -0.385 e. The second-order valence-corrected chi connectivity index (χ2v) is 3.05. The number of hydrogen-bond donors (Lipinski definition) is 0. The van der Waals surface area contributed by atoms with Gasteiger partial charge in [0.1, 0.15) is 5.69 Å². The number of rotatable bonds is 6. The van der Waals surface area contributed by atoms with E-state index >= 15 is 0 Å². The van der Waals surface area contributed by atoms with E-state index in [1.165, 1.54) is 0 Å². The van der Waals surface area contributed by atoms with Gasteiger partial charge in [-0.15, -0.1) is 0 Å². The number of ketones is 1. The number of Topliss-reactive ketones (excluding diaryl/α,β-unsaturated/α-hetero) is 1. The van der Waals surface area contributed by atoms with Crippen LogP contribution in [0.1, 0.15) is 30.3 Å². The molecule has 0 saturated heterocycles. The number of methoxy groups -OCH3 is 1. The molecule has 1 heterocycles. The van der Waals surface area contributed by atoms with Crippen molar-refractivity contribution in [3.8, 4) is 0 Å². The zero-order valence-corrected chi connectivity index (χ0v) is 8.69. The van der Waals surface area contributed by atoms with Crippen molar-refractivity contribution < 1.29 is 9.53 Å². The van der Waals surface area contributed by atoms with Crippen LogP contribution in [0.4, 0.5) is 0 Å². The van der Waals surface area contributed by atoms with Gasteiger partial charge in [0.15, 0.2) is 5.78 Å². The van der Waals surface area contributed by atoms with Gasteiger partial charge in [0, 0.05) is 32.9 Å². The van der Waals surface area contributed by atoms with Crippen molar-refractivity contribution in [1.29, 1.82) is 0 Å². The summed E-state index contributed by atoms with van der Waals surface area (Å²) in [5.41, 5.74) is 0.698. The Bertz CT molecular complexity index is 294. The number of hydrogen-bond acceptors (Lipinski definition) is 3. The zero-order chi connectivity index (χ0) is 10.4. The summed E-state index contributed by atoms with van der Waals surface area (Å²) in [6, 6.07) is 1.76. The predicted octanol–water partition coefficient (Wildman–Crippen LogP) is 1.51. The smallest absolute Gasteiger partial charge is 0.180 e. The van der Waals surface area contributed by atoms with Crippen molar-refractivity contribution in [2.24, 2.45) is 0 Å². The summed E-state index contributed by atoms with van der Waals surface area (Å²) in [7, 11) is 1.64. The lowest BCUT2D eigenvalue weighted by molar-refractivity contribution is 0.0953. The zero-order valence-electron chi connectivity index (χ0n) is 8.69. The lowest BCUT2D eigenvalue weighted by Gasteiger charge is -2.03. The molecular weight excluding hydrogens is 180 g/mol. The van der Waals surface area contributed by atoms with Crippen molar-refractivity contribution >= 4 is 5.78 Å². The van der Waals surface area contributed by atoms with E-state index in [4.69, 9.17) is 4.74 Å². The number of aromatic nitrogens is 2. The van der Waals surface area contributed by atoms with E-state index in [-0.39, 0.29) is 5.78 Å². The third-order valence-electron chi connectivity index (χ3n) is 2.05. The molecule has 14 heavy (non-hydrogen) atoms. The summed E-state index contributed by atoms with van der Waals surface area (Å²) in [4.78, 5) is 11.6. The van der Waals surface area contributed by atoms with Gasteiger partial charge in [-0.25, -0.2) is 0 Å². The highest BCUT2D eigenvalue weighted by molar-refractivity contribution is 5.94. The highest BCUT2D eigenvalue weighted by atomic mass is 16.5. The molecule has 1 aromatic rings. The van der Waals surface area contributed by atoms with Gasteiger partial charge in [-0.2, -0.15) is 5.10 Å². The fourth-order valence-corrected chi connectivity index (χ4v) is 1.33. The van der Waals surface area contributed by atoms with Gasteiger partial charge in [0.05, 0.1) is 0 Å². The van der Waals surface area contributed by atoms with Gasteiger partial charge < -0.3 is 4.74 Å². The summed E-state index contributed by atoms with van der Waals surface area (Å²) >= 11 is 0. The Balaban J connectivity index is 2.51. The molecule has 0 fully saturated rings. The molecule has 0 bridgehead atoms. The Morgan fingerprint density at radius 1 is 1.64 bits per heavy atom. The average Bonchev–Trinajstić information content (AvgIpc) is 2.65. The fraction of sp³-hybridized carbons (Fsp3) is 0.600. The first-order valence-corrected chi connectivity index (χ1v) is 4.83. The predicted molar refractivity (Wildman–Crippen MR) is 53.3 cm³/mol. The van der Waals surface area contributed by atoms with Crippen LogP contribution in [0.2, 0.25) is 0 Å². The summed E-state index contributed by atoms with van der Waals surface area (Å²) in [5, 5.41) is 4.05. The lowest BCUT2D eigenvalue weighted by Crippen LogP contribution is -2.09. The first-order chi connectivity index (χ1) is 6.79. The van der Waals surface area contributed by atoms with Gasteiger partial charge in [-0.3, -0.25) is 9.48 Å². The number of carbonyl (C=O) groups excluding carboxylic acids is 1. The molecule has 0 amide bonds. The summed E-state index contributed by atoms with van der Waals surface area (Å²) in [5.74, 6) is 0.140. The molecule has 0 radical (unpaired) electrons. The van der Waals surface area contributed by atoms with Crippen molar-refractivity contribution in [1.82, 2.24) is 9.78 Å². The van der Waals surface area contributed by atoms with Crippen LogP contribution in [0.25, 0.3) is 0 Å². The normalized spacial score (nSPS) is 10.4. The first kappa shape index (κ1) is 10.9. The van der Waals surface area contributed by atoms with Gasteiger partial charge in [0.25, 0.3) is 0 Å². The quantitative estimate of drug-likeness (QED) is 0.511. The van der Waals surface area contributed by atoms with Crippen molar-refractivity contribution in [3.05, 3.63) is 18.0 Å². The summed E-state index contributed by atoms with van der Waals surface area (Å²) < 4.78 is 6.61. The third kappa shape index (κ3) is 2.67. The number of carbonyl (C=O) groups is 1. The molecule has 0 saturated carbocycles. The SMILES string of the molecule is CCn1nccc1C(=O)CCCOC. The Morgan fingerprint density at radius 2 is 2.43 bits per heavy atom. The maximum atomic E-state index is 11.6. The van der Waals surface area contributed by atoms with Crippen LogP contribution in [0, 0.1) is 0 Å². The second-order valence-electron chi connectivity index (χ2n) is 3.05. The second kappa shape index (κ2) is 5.54. The van der Waals surface area contributed by atoms with E-state index in [2.05, 4.69) is 5.10 Å². The molecule has 4 heteroatoms. The number of ether oxygens (including phenoxy) is 1. The minimum atomic E-state index is 0.140. The van der Waals surface area contributed by atoms with Crippen LogP contribution < -0.4 is 0 Å². The molecule has 78 valence electrons. The fourth-order valence-electron chi connectivity index (χ4n) is 1.33. The van der Waals surface area contributed by atoms with Gasteiger partial charge in [-0.05, 0) is 19.4 Å². The van der Waals surface area contributed by atoms with Gasteiger partial charge >= 0.3 is 0 Å². The highest BCUT2D eigenvalue weighted by Gasteiger charge is 2.09. The molecule has 0 spiro atoms. The van der Waals surface area contributed by atoms with Crippen LogP contribution in [0.3, 0.4) is 0 Å². The van der Waals surface area contributed by atoms with Crippen LogP contribution >= 0.6 is 0 Å². The number of aryl methyl sites for hydroxylation is 1. The molecule has 0 aromatic carbocycles. The Labute approximate surface area is 83.9 Å². The monoisotopic (exact) mass is 196 g/mol. The molecule has 0 aliphatic rings. The average molecular weight is 196 g/mol. The van der Waals surface area contributed by atoms with E-state index in [0.717, 1.165) is 13.0 Å². The highest BCUT2D eigenvalue weighted by Crippen LogP contribution is 2.05. The molecule has 0 aliphatic heterocycles. The van der Waals surface area contributed by atoms with Crippen LogP contribution in [0.5, 0.6) is 0 Å². The molecule has 1 aromatic heterocycles. The Morgan fingerprint density at radius 3 is 3.07 bits per heavy atom. The van der Waals surface area contributed by atoms with Crippen molar-refractivity contribution in [3.63, 3.8) is 0 Å². The topological polar surface area (TPSA) is 44.1 Å². The van der Waals surface area contributed by atoms with Gasteiger partial charge in [-0.1, -0.05) is 0 Å². The third-order valence-corrected chi connectivity index (χ3v) is 2.05. The first-order valence-electron chi connectivity index (χ1n) is 4.83. The van der Waals surface area contributed by atoms with Crippen LogP contribution in [-0.4, -0.2) is 29.3 Å². The van der Waals surface area contributed by atoms with E-state index in [1.807, 2.05) is 6.92 Å². The standard InChI is InChI=1S/C10H16N2O2/c1-3-12-9(6-7-11-12)10(13)5-4-8-14-2/h6-7H,3-5,8H2,1-2H3. The largest absolute Gasteiger partial charge is 0.385 e. The van der Waals surface area contributed by atoms with Crippen LogP contribution in [0.15, 0.2) is 12.3 Å². The van der Waals surface area contributed by atoms with Crippen molar-refractivity contribution in [2.45, 2.75) is 26.3 Å². The molecular formula is C10H16N2O2. The van der Waals surface area contributed by atoms with Crippen molar-refractivity contribution in [2.75, 3.05) is 13.7 Å². The molecule has 1 rings (SSSR count). The molecule has 0 unspecified atom stereocenters. The summed E-state index contributed by atoms with van der Waals surface area (Å²) in [6.45, 7) is 3.34. The minimum absolute atomic E-state index is 0.140. The van der Waals surface area contributed by atoms with E-state index in [0.29, 0.717) is 18.7 Å². The van der Waals surface area contributed by atoms with E-state index in [1.54, 1.807) is 24.1 Å². The molecule has 0 atom stereocenters. The van der Waals surface area contributed by atoms with Gasteiger partial charge in [0.2, 0.25) is 0 Å². The van der Waals surface area contributed by atoms with Crippen LogP contribution in [-0.2, 0) is 11.3 Å². The number of nitrogens with zero attached hydrogens (tertiary/aromatic N) is 2. The molecule has 0 N–H and O–H groups in total. The van der Waals surface area contributed by atoms with E-state index in [9.17, 15) is 4.79 Å². The maximum absolute atomic E-state index is 11.6. The Kier molecular flexibility index (Phi) is 4.32. The maximum Gasteiger partial charge on any atom is 0.180 e. The Hall–Kier alpha value is -1.16. The molecule has 0 aliphatic carbocycles. The molecule has 4 nitrogen and oxygen atoms in total. The summed E-state index contributed by atoms with van der Waals surface area (Å²) in [6.07, 6.45) is 2.96. The van der Waals surface area contributed by atoms with E-state index < -0.39 is 0 Å².